The molecule has 0 aromatic heterocycles. The number of hydrogen-bond donors (Lipinski definition) is 1. The Labute approximate surface area is 130 Å². The van der Waals surface area contributed by atoms with Crippen molar-refractivity contribution in [3.05, 3.63) is 65.2 Å². The van der Waals surface area contributed by atoms with Crippen LogP contribution in [0.1, 0.15) is 34.8 Å². The Morgan fingerprint density at radius 1 is 1.05 bits per heavy atom. The second-order valence-electron chi connectivity index (χ2n) is 4.95. The molecular weight excluding hydrogens is 276 g/mol. The van der Waals surface area contributed by atoms with Crippen LogP contribution in [0.5, 0.6) is 5.75 Å². The Balaban J connectivity index is 2.11. The summed E-state index contributed by atoms with van der Waals surface area (Å²) in [4.78, 5) is 12.1. The van der Waals surface area contributed by atoms with Gasteiger partial charge in [0, 0.05) is 5.56 Å². The lowest BCUT2D eigenvalue weighted by atomic mass is 10.1. The molecule has 0 bridgehead atoms. The topological polar surface area (TPSA) is 50.7 Å². The third-order valence-electron chi connectivity index (χ3n) is 3.36. The molecule has 2 aromatic carbocycles. The van der Waals surface area contributed by atoms with Crippen LogP contribution < -0.4 is 10.2 Å². The van der Waals surface area contributed by atoms with Crippen molar-refractivity contribution in [2.75, 3.05) is 7.11 Å². The highest BCUT2D eigenvalue weighted by Gasteiger charge is 2.06. The summed E-state index contributed by atoms with van der Waals surface area (Å²) in [6, 6.07) is 15.0. The molecule has 0 aliphatic heterocycles. The lowest BCUT2D eigenvalue weighted by Crippen LogP contribution is -2.19. The Morgan fingerprint density at radius 3 is 2.18 bits per heavy atom. The van der Waals surface area contributed by atoms with Gasteiger partial charge in [0.25, 0.3) is 5.91 Å². The van der Waals surface area contributed by atoms with Gasteiger partial charge in [0.2, 0.25) is 0 Å². The number of nitrogens with zero attached hydrogens (tertiary/aromatic N) is 1. The first-order valence-corrected chi connectivity index (χ1v) is 7.22. The van der Waals surface area contributed by atoms with Crippen LogP contribution in [0.25, 0.3) is 0 Å². The van der Waals surface area contributed by atoms with Crippen LogP contribution in [0.4, 0.5) is 0 Å². The number of amides is 1. The number of carbonyl (C=O) groups is 1. The second-order valence-corrected chi connectivity index (χ2v) is 4.95. The van der Waals surface area contributed by atoms with Gasteiger partial charge in [-0.1, -0.05) is 24.6 Å². The third kappa shape index (κ3) is 3.95. The van der Waals surface area contributed by atoms with E-state index >= 15 is 0 Å². The molecule has 0 saturated carbocycles. The van der Waals surface area contributed by atoms with Crippen molar-refractivity contribution >= 4 is 11.6 Å². The van der Waals surface area contributed by atoms with Crippen LogP contribution in [0.2, 0.25) is 0 Å². The molecule has 0 fully saturated rings. The van der Waals surface area contributed by atoms with Crippen LogP contribution in [0.15, 0.2) is 53.6 Å². The number of methoxy groups -OCH3 is 1. The summed E-state index contributed by atoms with van der Waals surface area (Å²) in [5, 5.41) is 4.24. The van der Waals surface area contributed by atoms with Gasteiger partial charge in [0.1, 0.15) is 5.75 Å². The first-order chi connectivity index (χ1) is 10.6. The van der Waals surface area contributed by atoms with Gasteiger partial charge in [-0.05, 0) is 55.3 Å². The van der Waals surface area contributed by atoms with Crippen LogP contribution in [0, 0.1) is 6.92 Å². The SMILES string of the molecule is CC/C(=N/NC(=O)c1ccc(C)cc1)c1ccc(OC)cc1. The van der Waals surface area contributed by atoms with Gasteiger partial charge < -0.3 is 4.74 Å². The van der Waals surface area contributed by atoms with Gasteiger partial charge in [-0.15, -0.1) is 0 Å². The molecule has 0 saturated heterocycles. The predicted molar refractivity (Wildman–Crippen MR) is 88.5 cm³/mol. The molecule has 2 aromatic rings. The van der Waals surface area contributed by atoms with Crippen LogP contribution in [-0.4, -0.2) is 18.7 Å². The number of hydrogen-bond acceptors (Lipinski definition) is 3. The van der Waals surface area contributed by atoms with Gasteiger partial charge >= 0.3 is 0 Å². The molecule has 114 valence electrons. The van der Waals surface area contributed by atoms with E-state index in [0.717, 1.165) is 29.0 Å². The predicted octanol–water partition coefficient (Wildman–Crippen LogP) is 3.55. The number of rotatable bonds is 5. The van der Waals surface area contributed by atoms with Crippen molar-refractivity contribution in [2.45, 2.75) is 20.3 Å². The van der Waals surface area contributed by atoms with E-state index in [9.17, 15) is 4.79 Å². The van der Waals surface area contributed by atoms with Gasteiger partial charge in [0.15, 0.2) is 0 Å². The minimum absolute atomic E-state index is 0.209. The molecular formula is C18H20N2O2. The van der Waals surface area contributed by atoms with Crippen LogP contribution in [-0.2, 0) is 0 Å². The Hall–Kier alpha value is -2.62. The monoisotopic (exact) mass is 296 g/mol. The highest BCUT2D eigenvalue weighted by atomic mass is 16.5. The van der Waals surface area contributed by atoms with Gasteiger partial charge in [-0.25, -0.2) is 5.43 Å². The summed E-state index contributed by atoms with van der Waals surface area (Å²) in [7, 11) is 1.63. The fourth-order valence-corrected chi connectivity index (χ4v) is 2.02. The Morgan fingerprint density at radius 2 is 1.64 bits per heavy atom. The van der Waals surface area contributed by atoms with Gasteiger partial charge in [-0.3, -0.25) is 4.79 Å². The summed E-state index contributed by atoms with van der Waals surface area (Å²) in [6.07, 6.45) is 0.723. The molecule has 4 nitrogen and oxygen atoms in total. The minimum Gasteiger partial charge on any atom is -0.497 e. The number of carbonyl (C=O) groups excluding carboxylic acids is 1. The molecule has 4 heteroatoms. The molecule has 22 heavy (non-hydrogen) atoms. The van der Waals surface area contributed by atoms with Crippen molar-refractivity contribution < 1.29 is 9.53 Å². The summed E-state index contributed by atoms with van der Waals surface area (Å²) in [5.41, 5.74) is 6.12. The molecule has 0 heterocycles. The molecule has 2 rings (SSSR count). The molecule has 1 amide bonds. The molecule has 1 N–H and O–H groups in total. The van der Waals surface area contributed by atoms with E-state index in [1.54, 1.807) is 19.2 Å². The number of ether oxygens (including phenoxy) is 1. The van der Waals surface area contributed by atoms with Crippen molar-refractivity contribution in [1.29, 1.82) is 0 Å². The quantitative estimate of drug-likeness (QED) is 0.677. The Kier molecular flexibility index (Phi) is 5.31. The zero-order valence-corrected chi connectivity index (χ0v) is 13.1. The van der Waals surface area contributed by atoms with Crippen molar-refractivity contribution in [1.82, 2.24) is 5.43 Å². The first kappa shape index (κ1) is 15.8. The average Bonchev–Trinajstić information content (AvgIpc) is 2.56. The van der Waals surface area contributed by atoms with Crippen molar-refractivity contribution in [2.24, 2.45) is 5.10 Å². The molecule has 0 radical (unpaired) electrons. The fraction of sp³-hybridized carbons (Fsp3) is 0.222. The highest BCUT2D eigenvalue weighted by molar-refractivity contribution is 6.02. The Bertz CT molecular complexity index is 658. The number of benzene rings is 2. The maximum atomic E-state index is 12.1. The smallest absolute Gasteiger partial charge is 0.271 e. The number of nitrogens with one attached hydrogen (secondary N) is 1. The van der Waals surface area contributed by atoms with E-state index in [1.165, 1.54) is 0 Å². The van der Waals surface area contributed by atoms with E-state index in [0.29, 0.717) is 5.56 Å². The first-order valence-electron chi connectivity index (χ1n) is 7.22. The molecule has 0 aliphatic carbocycles. The molecule has 0 unspecified atom stereocenters. The van der Waals surface area contributed by atoms with Gasteiger partial charge in [-0.2, -0.15) is 5.10 Å². The summed E-state index contributed by atoms with van der Waals surface area (Å²) < 4.78 is 5.14. The number of hydrazone groups is 1. The normalized spacial score (nSPS) is 11.1. The average molecular weight is 296 g/mol. The largest absolute Gasteiger partial charge is 0.497 e. The third-order valence-corrected chi connectivity index (χ3v) is 3.36. The van der Waals surface area contributed by atoms with E-state index in [2.05, 4.69) is 10.5 Å². The van der Waals surface area contributed by atoms with E-state index < -0.39 is 0 Å². The summed E-state index contributed by atoms with van der Waals surface area (Å²) in [6.45, 7) is 3.99. The van der Waals surface area contributed by atoms with E-state index in [1.807, 2.05) is 50.2 Å². The number of aryl methyl sites for hydroxylation is 1. The molecule has 0 spiro atoms. The van der Waals surface area contributed by atoms with Crippen LogP contribution >= 0.6 is 0 Å². The maximum absolute atomic E-state index is 12.1. The standard InChI is InChI=1S/C18H20N2O2/c1-4-17(14-9-11-16(22-3)12-10-14)19-20-18(21)15-7-5-13(2)6-8-15/h5-12H,4H2,1-3H3,(H,20,21)/b19-17-. The summed E-state index contributed by atoms with van der Waals surface area (Å²) >= 11 is 0. The lowest BCUT2D eigenvalue weighted by Gasteiger charge is -2.07. The molecule has 0 aliphatic rings. The van der Waals surface area contributed by atoms with Crippen molar-refractivity contribution in [3.8, 4) is 5.75 Å². The summed E-state index contributed by atoms with van der Waals surface area (Å²) in [5.74, 6) is 0.586. The van der Waals surface area contributed by atoms with Gasteiger partial charge in [0.05, 0.1) is 12.8 Å². The molecule has 0 atom stereocenters. The van der Waals surface area contributed by atoms with E-state index in [-0.39, 0.29) is 5.91 Å². The van der Waals surface area contributed by atoms with E-state index in [4.69, 9.17) is 4.74 Å². The fourth-order valence-electron chi connectivity index (χ4n) is 2.02. The zero-order valence-electron chi connectivity index (χ0n) is 13.1. The zero-order chi connectivity index (χ0) is 15.9. The minimum atomic E-state index is -0.209. The maximum Gasteiger partial charge on any atom is 0.271 e. The lowest BCUT2D eigenvalue weighted by molar-refractivity contribution is 0.0955. The van der Waals surface area contributed by atoms with Crippen molar-refractivity contribution in [3.63, 3.8) is 0 Å². The second kappa shape index (κ2) is 7.41. The van der Waals surface area contributed by atoms with Crippen LogP contribution in [0.3, 0.4) is 0 Å². The highest BCUT2D eigenvalue weighted by Crippen LogP contribution is 2.13.